The first-order valence-corrected chi connectivity index (χ1v) is 13.9. The average molecular weight is 487 g/mol. The van der Waals surface area contributed by atoms with Crippen LogP contribution in [0.2, 0.25) is 0 Å². The van der Waals surface area contributed by atoms with E-state index >= 15 is 0 Å². The molecule has 0 amide bonds. The third-order valence-electron chi connectivity index (χ3n) is 13.3. The SMILES string of the molecule is C[C@]1(C(=O)O)CC(=O)[C@]2(C)CC[C@]3(C)C(=CC[C@@H]4[C@@]5(C)CC[C@H](O)[C@@](C)(CO)[C@@H]5CC[C@]43C)[C@@H]2C1. The number of hydrogen-bond acceptors (Lipinski definition) is 4. The number of carbonyl (C=O) groups excluding carboxylic acids is 1. The molecule has 5 rings (SSSR count). The second-order valence-corrected chi connectivity index (χ2v) is 14.7. The molecule has 0 spiro atoms. The van der Waals surface area contributed by atoms with Gasteiger partial charge in [0.2, 0.25) is 0 Å². The number of aliphatic hydroxyl groups is 2. The van der Waals surface area contributed by atoms with Crippen molar-refractivity contribution >= 4 is 11.8 Å². The van der Waals surface area contributed by atoms with Gasteiger partial charge in [0.05, 0.1) is 18.1 Å². The molecular formula is C30H46O5. The molecule has 0 aromatic rings. The van der Waals surface area contributed by atoms with E-state index < -0.39 is 28.3 Å². The Kier molecular flexibility index (Phi) is 5.40. The Labute approximate surface area is 210 Å². The van der Waals surface area contributed by atoms with Crippen LogP contribution < -0.4 is 0 Å². The molecule has 0 bridgehead atoms. The highest BCUT2D eigenvalue weighted by Crippen LogP contribution is 2.75. The number of carboxylic acids is 1. The highest BCUT2D eigenvalue weighted by molar-refractivity contribution is 5.92. The predicted molar refractivity (Wildman–Crippen MR) is 134 cm³/mol. The number of aliphatic hydroxyl groups excluding tert-OH is 2. The van der Waals surface area contributed by atoms with Gasteiger partial charge in [-0.3, -0.25) is 9.59 Å². The quantitative estimate of drug-likeness (QED) is 0.455. The molecule has 0 unspecified atom stereocenters. The first-order chi connectivity index (χ1) is 16.1. The minimum Gasteiger partial charge on any atom is -0.481 e. The van der Waals surface area contributed by atoms with E-state index in [-0.39, 0.29) is 46.9 Å². The molecule has 0 radical (unpaired) electrons. The van der Waals surface area contributed by atoms with E-state index in [1.54, 1.807) is 6.92 Å². The number of fused-ring (bicyclic) bond motifs is 7. The Morgan fingerprint density at radius 3 is 2.31 bits per heavy atom. The normalized spacial score (nSPS) is 55.7. The molecule has 5 aliphatic carbocycles. The smallest absolute Gasteiger partial charge is 0.309 e. The first-order valence-electron chi connectivity index (χ1n) is 13.9. The van der Waals surface area contributed by atoms with Crippen LogP contribution in [0.1, 0.15) is 99.3 Å². The van der Waals surface area contributed by atoms with Crippen LogP contribution in [0.25, 0.3) is 0 Å². The van der Waals surface area contributed by atoms with Crippen LogP contribution in [0, 0.1) is 50.2 Å². The van der Waals surface area contributed by atoms with Crippen LogP contribution in [0.5, 0.6) is 0 Å². The van der Waals surface area contributed by atoms with Gasteiger partial charge in [-0.1, -0.05) is 46.3 Å². The van der Waals surface area contributed by atoms with Gasteiger partial charge in [-0.15, -0.1) is 0 Å². The summed E-state index contributed by atoms with van der Waals surface area (Å²) >= 11 is 0. The summed E-state index contributed by atoms with van der Waals surface area (Å²) < 4.78 is 0. The van der Waals surface area contributed by atoms with Crippen molar-refractivity contribution in [3.63, 3.8) is 0 Å². The lowest BCUT2D eigenvalue weighted by Crippen LogP contribution is -2.66. The number of allylic oxidation sites excluding steroid dienone is 2. The summed E-state index contributed by atoms with van der Waals surface area (Å²) in [6.07, 6.45) is 9.13. The summed E-state index contributed by atoms with van der Waals surface area (Å²) in [5, 5.41) is 31.3. The van der Waals surface area contributed by atoms with E-state index in [4.69, 9.17) is 0 Å². The maximum absolute atomic E-state index is 13.4. The lowest BCUT2D eigenvalue weighted by Gasteiger charge is -2.71. The summed E-state index contributed by atoms with van der Waals surface area (Å²) in [6.45, 7) is 13.3. The van der Waals surface area contributed by atoms with E-state index in [1.165, 1.54) is 5.57 Å². The summed E-state index contributed by atoms with van der Waals surface area (Å²) in [5.74, 6) is -0.0127. The van der Waals surface area contributed by atoms with Crippen LogP contribution in [0.15, 0.2) is 11.6 Å². The monoisotopic (exact) mass is 486 g/mol. The maximum Gasteiger partial charge on any atom is 0.309 e. The van der Waals surface area contributed by atoms with Crippen molar-refractivity contribution in [3.05, 3.63) is 11.6 Å². The lowest BCUT2D eigenvalue weighted by molar-refractivity contribution is -0.215. The Hall–Kier alpha value is -1.20. The van der Waals surface area contributed by atoms with E-state index in [9.17, 15) is 24.9 Å². The summed E-state index contributed by atoms with van der Waals surface area (Å²) in [5.41, 5.74) is -0.566. The van der Waals surface area contributed by atoms with Gasteiger partial charge in [-0.25, -0.2) is 0 Å². The van der Waals surface area contributed by atoms with Crippen molar-refractivity contribution in [2.24, 2.45) is 50.2 Å². The molecule has 5 nitrogen and oxygen atoms in total. The fraction of sp³-hybridized carbons (Fsp3) is 0.867. The second-order valence-electron chi connectivity index (χ2n) is 14.7. The van der Waals surface area contributed by atoms with Gasteiger partial charge >= 0.3 is 5.97 Å². The number of aliphatic carboxylic acids is 1. The van der Waals surface area contributed by atoms with Crippen molar-refractivity contribution < 1.29 is 24.9 Å². The molecule has 0 saturated heterocycles. The van der Waals surface area contributed by atoms with Gasteiger partial charge in [-0.05, 0) is 92.3 Å². The van der Waals surface area contributed by atoms with Gasteiger partial charge in [0.15, 0.2) is 0 Å². The van der Waals surface area contributed by atoms with Gasteiger partial charge in [-0.2, -0.15) is 0 Å². The maximum atomic E-state index is 13.4. The van der Waals surface area contributed by atoms with E-state index in [2.05, 4.69) is 40.7 Å². The fourth-order valence-corrected chi connectivity index (χ4v) is 10.5. The molecule has 3 N–H and O–H groups in total. The Balaban J connectivity index is 1.59. The molecule has 196 valence electrons. The van der Waals surface area contributed by atoms with Crippen molar-refractivity contribution in [2.75, 3.05) is 6.61 Å². The summed E-state index contributed by atoms with van der Waals surface area (Å²) in [7, 11) is 0. The highest BCUT2D eigenvalue weighted by atomic mass is 16.4. The summed E-state index contributed by atoms with van der Waals surface area (Å²) in [6, 6.07) is 0. The van der Waals surface area contributed by atoms with Crippen molar-refractivity contribution in [1.29, 1.82) is 0 Å². The number of hydrogen-bond donors (Lipinski definition) is 3. The van der Waals surface area contributed by atoms with Crippen LogP contribution in [0.3, 0.4) is 0 Å². The standard InChI is InChI=1S/C30H46O5/c1-25(24(34)35)15-19-18-7-8-21-27(3)11-10-22(32)28(4,17-31)20(27)9-12-30(21,6)29(18,5)14-13-26(19,2)23(33)16-25/h7,19-22,31-32H,8-17H2,1-6H3,(H,34,35)/t19-,20+,21+,22-,25+,26+,27-,28-,29+,30+/m0/s1. The zero-order valence-electron chi connectivity index (χ0n) is 22.6. The van der Waals surface area contributed by atoms with Crippen LogP contribution in [0.4, 0.5) is 0 Å². The molecule has 5 aliphatic rings. The topological polar surface area (TPSA) is 94.8 Å². The van der Waals surface area contributed by atoms with Crippen LogP contribution in [-0.2, 0) is 9.59 Å². The fourth-order valence-electron chi connectivity index (χ4n) is 10.5. The first kappa shape index (κ1) is 25.4. The second kappa shape index (κ2) is 7.43. The summed E-state index contributed by atoms with van der Waals surface area (Å²) in [4.78, 5) is 25.7. The third kappa shape index (κ3) is 2.94. The number of Topliss-reactive ketones (excluding diaryl/α,β-unsaturated/α-hetero) is 1. The number of rotatable bonds is 2. The lowest BCUT2D eigenvalue weighted by atomic mass is 9.33. The zero-order chi connectivity index (χ0) is 25.8. The molecule has 0 aromatic heterocycles. The van der Waals surface area contributed by atoms with E-state index in [1.807, 2.05) is 0 Å². The van der Waals surface area contributed by atoms with Gasteiger partial charge < -0.3 is 15.3 Å². The molecule has 0 aliphatic heterocycles. The molecule has 10 atom stereocenters. The van der Waals surface area contributed by atoms with Crippen molar-refractivity contribution in [1.82, 2.24) is 0 Å². The minimum absolute atomic E-state index is 0.0113. The molecular weight excluding hydrogens is 440 g/mol. The van der Waals surface area contributed by atoms with Crippen LogP contribution >= 0.6 is 0 Å². The molecule has 4 fully saturated rings. The van der Waals surface area contributed by atoms with Gasteiger partial charge in [0.25, 0.3) is 0 Å². The van der Waals surface area contributed by atoms with Crippen molar-refractivity contribution in [2.45, 2.75) is 105 Å². The molecule has 5 heteroatoms. The number of carbonyl (C=O) groups is 2. The van der Waals surface area contributed by atoms with Crippen molar-refractivity contribution in [3.8, 4) is 0 Å². The molecule has 0 heterocycles. The van der Waals surface area contributed by atoms with E-state index in [0.717, 1.165) is 44.9 Å². The largest absolute Gasteiger partial charge is 0.481 e. The molecule has 4 saturated carbocycles. The Morgan fingerprint density at radius 1 is 1.00 bits per heavy atom. The van der Waals surface area contributed by atoms with Gasteiger partial charge in [0, 0.05) is 17.3 Å². The van der Waals surface area contributed by atoms with Gasteiger partial charge in [0.1, 0.15) is 5.78 Å². The predicted octanol–water partition coefficient (Wildman–Crippen LogP) is 5.39. The number of ketones is 1. The number of carboxylic acid groups (broad SMARTS) is 1. The Morgan fingerprint density at radius 2 is 1.69 bits per heavy atom. The highest BCUT2D eigenvalue weighted by Gasteiger charge is 2.69. The third-order valence-corrected chi connectivity index (χ3v) is 13.3. The average Bonchev–Trinajstić information content (AvgIpc) is 2.79. The zero-order valence-corrected chi connectivity index (χ0v) is 22.6. The van der Waals surface area contributed by atoms with E-state index in [0.29, 0.717) is 12.3 Å². The molecule has 0 aromatic carbocycles. The Bertz CT molecular complexity index is 987. The minimum atomic E-state index is -0.996. The van der Waals surface area contributed by atoms with Crippen LogP contribution in [-0.4, -0.2) is 39.8 Å². The molecule has 35 heavy (non-hydrogen) atoms.